The fourth-order valence-corrected chi connectivity index (χ4v) is 2.74. The van der Waals surface area contributed by atoms with Crippen LogP contribution in [0.25, 0.3) is 0 Å². The van der Waals surface area contributed by atoms with Gasteiger partial charge in [-0.05, 0) is 37.8 Å². The molecule has 2 heterocycles. The van der Waals surface area contributed by atoms with Crippen LogP contribution in [0.3, 0.4) is 0 Å². The van der Waals surface area contributed by atoms with Gasteiger partial charge in [0, 0.05) is 24.8 Å². The highest BCUT2D eigenvalue weighted by Crippen LogP contribution is 2.25. The van der Waals surface area contributed by atoms with Gasteiger partial charge in [-0.1, -0.05) is 13.0 Å². The number of nitrogens with zero attached hydrogens (tertiary/aromatic N) is 3. The Labute approximate surface area is 134 Å². The van der Waals surface area contributed by atoms with Crippen molar-refractivity contribution in [2.24, 2.45) is 5.92 Å². The van der Waals surface area contributed by atoms with Crippen molar-refractivity contribution >= 4 is 17.5 Å². The van der Waals surface area contributed by atoms with Gasteiger partial charge in [0.25, 0.3) is 0 Å². The number of para-hydroxylation sites is 1. The maximum Gasteiger partial charge on any atom is 0.229 e. The summed E-state index contributed by atoms with van der Waals surface area (Å²) in [5.74, 6) is 0.400. The second-order valence-electron chi connectivity index (χ2n) is 6.08. The Morgan fingerprint density at radius 1 is 1.13 bits per heavy atom. The number of piperidine rings is 1. The smallest absolute Gasteiger partial charge is 0.229 e. The van der Waals surface area contributed by atoms with Crippen LogP contribution in [-0.4, -0.2) is 23.1 Å². The van der Waals surface area contributed by atoms with Gasteiger partial charge in [0.05, 0.1) is 0 Å². The summed E-state index contributed by atoms with van der Waals surface area (Å²) in [5, 5.41) is 2.67. The molecule has 122 valence electrons. The predicted octanol–water partition coefficient (Wildman–Crippen LogP) is 4.04. The number of rotatable bonds is 3. The summed E-state index contributed by atoms with van der Waals surface area (Å²) in [4.78, 5) is 10.9. The number of nitrogens with one attached hydrogen (secondary N) is 1. The zero-order valence-electron chi connectivity index (χ0n) is 13.3. The van der Waals surface area contributed by atoms with E-state index in [1.807, 2.05) is 13.0 Å². The van der Waals surface area contributed by atoms with E-state index in [-0.39, 0.29) is 11.6 Å². The number of benzene rings is 1. The van der Waals surface area contributed by atoms with E-state index in [4.69, 9.17) is 0 Å². The van der Waals surface area contributed by atoms with Crippen molar-refractivity contribution in [3.8, 4) is 0 Å². The first-order chi connectivity index (χ1) is 11.0. The molecule has 4 nitrogen and oxygen atoms in total. The van der Waals surface area contributed by atoms with E-state index in [0.29, 0.717) is 0 Å². The van der Waals surface area contributed by atoms with Gasteiger partial charge in [0.2, 0.25) is 5.95 Å². The Bertz CT molecular complexity index is 677. The molecule has 1 aromatic heterocycles. The van der Waals surface area contributed by atoms with Crippen molar-refractivity contribution in [2.45, 2.75) is 26.7 Å². The normalized spacial score (nSPS) is 15.7. The molecule has 0 atom stereocenters. The Morgan fingerprint density at radius 3 is 2.43 bits per heavy atom. The van der Waals surface area contributed by atoms with Gasteiger partial charge in [0.1, 0.15) is 23.1 Å². The lowest BCUT2D eigenvalue weighted by Crippen LogP contribution is -2.33. The van der Waals surface area contributed by atoms with E-state index in [1.165, 1.54) is 18.2 Å². The van der Waals surface area contributed by atoms with E-state index in [9.17, 15) is 8.78 Å². The average Bonchev–Trinajstić information content (AvgIpc) is 2.51. The third-order valence-corrected chi connectivity index (χ3v) is 4.15. The van der Waals surface area contributed by atoms with E-state index in [0.717, 1.165) is 43.4 Å². The highest BCUT2D eigenvalue weighted by Gasteiger charge is 2.18. The molecule has 1 saturated heterocycles. The molecule has 1 aliphatic rings. The first-order valence-corrected chi connectivity index (χ1v) is 7.84. The molecule has 0 radical (unpaired) electrons. The van der Waals surface area contributed by atoms with Crippen molar-refractivity contribution in [1.82, 2.24) is 9.97 Å². The van der Waals surface area contributed by atoms with Gasteiger partial charge in [0.15, 0.2) is 0 Å². The number of hydrogen-bond acceptors (Lipinski definition) is 4. The second kappa shape index (κ2) is 6.48. The highest BCUT2D eigenvalue weighted by atomic mass is 19.1. The molecule has 0 amide bonds. The molecular formula is C17H20F2N4. The minimum atomic E-state index is -0.663. The summed E-state index contributed by atoms with van der Waals surface area (Å²) in [6.45, 7) is 5.97. The monoisotopic (exact) mass is 318 g/mol. The molecular weight excluding hydrogens is 298 g/mol. The highest BCUT2D eigenvalue weighted by molar-refractivity contribution is 5.57. The third-order valence-electron chi connectivity index (χ3n) is 4.15. The maximum atomic E-state index is 13.8. The van der Waals surface area contributed by atoms with Gasteiger partial charge >= 0.3 is 0 Å². The van der Waals surface area contributed by atoms with Crippen LogP contribution in [0.1, 0.15) is 25.5 Å². The van der Waals surface area contributed by atoms with Crippen molar-refractivity contribution in [1.29, 1.82) is 0 Å². The van der Waals surface area contributed by atoms with Crippen molar-refractivity contribution in [2.75, 3.05) is 23.3 Å². The topological polar surface area (TPSA) is 41.1 Å². The predicted molar refractivity (Wildman–Crippen MR) is 87.0 cm³/mol. The summed E-state index contributed by atoms with van der Waals surface area (Å²) >= 11 is 0. The molecule has 2 aromatic rings. The van der Waals surface area contributed by atoms with E-state index >= 15 is 0 Å². The van der Waals surface area contributed by atoms with Gasteiger partial charge < -0.3 is 10.2 Å². The molecule has 6 heteroatoms. The van der Waals surface area contributed by atoms with Crippen molar-refractivity contribution < 1.29 is 8.78 Å². The Morgan fingerprint density at radius 2 is 1.78 bits per heavy atom. The first-order valence-electron chi connectivity index (χ1n) is 7.84. The minimum Gasteiger partial charge on any atom is -0.356 e. The fourth-order valence-electron chi connectivity index (χ4n) is 2.74. The lowest BCUT2D eigenvalue weighted by Gasteiger charge is -2.31. The zero-order chi connectivity index (χ0) is 16.4. The zero-order valence-corrected chi connectivity index (χ0v) is 13.3. The summed E-state index contributed by atoms with van der Waals surface area (Å²) in [7, 11) is 0. The Hall–Kier alpha value is -2.24. The fraction of sp³-hybridized carbons (Fsp3) is 0.412. The molecule has 0 saturated carbocycles. The van der Waals surface area contributed by atoms with Crippen LogP contribution in [-0.2, 0) is 0 Å². The molecule has 1 aromatic carbocycles. The van der Waals surface area contributed by atoms with Gasteiger partial charge in [-0.15, -0.1) is 0 Å². The largest absolute Gasteiger partial charge is 0.356 e. The molecule has 1 N–H and O–H groups in total. The van der Waals surface area contributed by atoms with Gasteiger partial charge in [-0.25, -0.2) is 13.8 Å². The molecule has 0 unspecified atom stereocenters. The average molecular weight is 318 g/mol. The summed E-state index contributed by atoms with van der Waals surface area (Å²) in [5.41, 5.74) is 0.532. The van der Waals surface area contributed by atoms with Gasteiger partial charge in [-0.2, -0.15) is 4.98 Å². The number of halogens is 2. The summed E-state index contributed by atoms with van der Waals surface area (Å²) in [6.07, 6.45) is 2.24. The summed E-state index contributed by atoms with van der Waals surface area (Å²) < 4.78 is 27.5. The molecule has 0 spiro atoms. The first kappa shape index (κ1) is 15.6. The summed E-state index contributed by atoms with van der Waals surface area (Å²) in [6, 6.07) is 5.63. The molecule has 0 aliphatic carbocycles. The SMILES string of the molecule is Cc1cc(N2CCC(C)CC2)nc(Nc2c(F)cccc2F)n1. The minimum absolute atomic E-state index is 0.211. The van der Waals surface area contributed by atoms with Crippen molar-refractivity contribution in [3.05, 3.63) is 41.6 Å². The number of aromatic nitrogens is 2. The van der Waals surface area contributed by atoms with Crippen LogP contribution in [0.2, 0.25) is 0 Å². The van der Waals surface area contributed by atoms with E-state index in [1.54, 1.807) is 0 Å². The van der Waals surface area contributed by atoms with Crippen LogP contribution in [0.15, 0.2) is 24.3 Å². The van der Waals surface area contributed by atoms with Crippen LogP contribution in [0.4, 0.5) is 26.2 Å². The number of anilines is 3. The lowest BCUT2D eigenvalue weighted by atomic mass is 9.99. The van der Waals surface area contributed by atoms with E-state index in [2.05, 4.69) is 27.1 Å². The molecule has 1 aliphatic heterocycles. The van der Waals surface area contributed by atoms with E-state index < -0.39 is 11.6 Å². The Balaban J connectivity index is 1.86. The second-order valence-corrected chi connectivity index (χ2v) is 6.08. The quantitative estimate of drug-likeness (QED) is 0.927. The molecule has 23 heavy (non-hydrogen) atoms. The number of aryl methyl sites for hydroxylation is 1. The molecule has 1 fully saturated rings. The van der Waals surface area contributed by atoms with Gasteiger partial charge in [-0.3, -0.25) is 0 Å². The van der Waals surface area contributed by atoms with Crippen LogP contribution in [0.5, 0.6) is 0 Å². The number of hydrogen-bond donors (Lipinski definition) is 1. The third kappa shape index (κ3) is 3.57. The Kier molecular flexibility index (Phi) is 4.41. The van der Waals surface area contributed by atoms with Crippen LogP contribution >= 0.6 is 0 Å². The maximum absolute atomic E-state index is 13.8. The van der Waals surface area contributed by atoms with Crippen LogP contribution < -0.4 is 10.2 Å². The lowest BCUT2D eigenvalue weighted by molar-refractivity contribution is 0.436. The van der Waals surface area contributed by atoms with Crippen molar-refractivity contribution in [3.63, 3.8) is 0 Å². The van der Waals surface area contributed by atoms with Crippen LogP contribution in [0, 0.1) is 24.5 Å². The molecule has 3 rings (SSSR count). The molecule has 0 bridgehead atoms. The standard InChI is InChI=1S/C17H20F2N4/c1-11-6-8-23(9-7-11)15-10-12(2)20-17(21-15)22-16-13(18)4-3-5-14(16)19/h3-5,10-11H,6-9H2,1-2H3,(H,20,21,22).